The number of aliphatic imine (C=N–C) groups is 1. The smallest absolute Gasteiger partial charge is 0.0874 e. The van der Waals surface area contributed by atoms with Crippen molar-refractivity contribution >= 4 is 29.2 Å². The fraction of sp³-hybridized carbons (Fsp3) is 0.727. The zero-order valence-corrected chi connectivity index (χ0v) is 11.5. The molecule has 0 radical (unpaired) electrons. The van der Waals surface area contributed by atoms with Crippen LogP contribution in [0.25, 0.3) is 0 Å². The van der Waals surface area contributed by atoms with Gasteiger partial charge in [-0.2, -0.15) is 0 Å². The van der Waals surface area contributed by atoms with Gasteiger partial charge in [0.05, 0.1) is 11.3 Å². The summed E-state index contributed by atoms with van der Waals surface area (Å²) < 4.78 is 0. The molecule has 1 aliphatic heterocycles. The fourth-order valence-electron chi connectivity index (χ4n) is 1.73. The van der Waals surface area contributed by atoms with E-state index in [0.717, 1.165) is 0 Å². The van der Waals surface area contributed by atoms with Gasteiger partial charge in [-0.3, -0.25) is 4.99 Å². The molecule has 0 aromatic carbocycles. The normalized spacial score (nSPS) is 20.6. The lowest BCUT2D eigenvalue weighted by molar-refractivity contribution is 0.654. The maximum atomic E-state index is 4.83. The molecule has 0 N–H and O–H groups in total. The van der Waals surface area contributed by atoms with Crippen LogP contribution in [0, 0.1) is 5.92 Å². The van der Waals surface area contributed by atoms with Gasteiger partial charge in [0, 0.05) is 9.81 Å². The third-order valence-electron chi connectivity index (χ3n) is 2.35. The Labute approximate surface area is 95.8 Å². The Morgan fingerprint density at radius 1 is 1.14 bits per heavy atom. The van der Waals surface area contributed by atoms with E-state index in [1.165, 1.54) is 15.5 Å². The van der Waals surface area contributed by atoms with E-state index in [1.54, 1.807) is 0 Å². The molecule has 0 aliphatic carbocycles. The second-order valence-corrected chi connectivity index (χ2v) is 5.91. The number of nitrogens with zero attached hydrogens (tertiary/aromatic N) is 1. The average molecular weight is 229 g/mol. The molecule has 0 spiro atoms. The standard InChI is InChI=1S/C11H19NS2/c1-7(2)8-9(13-5)10(14-6)11(3,4)12-8/h7H,1-6H3. The molecule has 0 bridgehead atoms. The van der Waals surface area contributed by atoms with E-state index in [-0.39, 0.29) is 5.54 Å². The van der Waals surface area contributed by atoms with Gasteiger partial charge in [0.15, 0.2) is 0 Å². The largest absolute Gasteiger partial charge is 0.277 e. The quantitative estimate of drug-likeness (QED) is 0.729. The number of thioether (sulfide) groups is 2. The van der Waals surface area contributed by atoms with Crippen molar-refractivity contribution in [1.29, 1.82) is 0 Å². The molecule has 0 fully saturated rings. The Hall–Kier alpha value is 0.110. The van der Waals surface area contributed by atoms with Gasteiger partial charge in [0.25, 0.3) is 0 Å². The third kappa shape index (κ3) is 2.03. The van der Waals surface area contributed by atoms with Crippen molar-refractivity contribution in [2.45, 2.75) is 33.2 Å². The topological polar surface area (TPSA) is 12.4 Å². The van der Waals surface area contributed by atoms with Crippen molar-refractivity contribution in [1.82, 2.24) is 0 Å². The predicted octanol–water partition coefficient (Wildman–Crippen LogP) is 3.81. The van der Waals surface area contributed by atoms with Crippen LogP contribution in [-0.4, -0.2) is 23.8 Å². The van der Waals surface area contributed by atoms with Crippen LogP contribution in [0.5, 0.6) is 0 Å². The molecule has 0 amide bonds. The molecule has 1 heterocycles. The fourth-order valence-corrected chi connectivity index (χ4v) is 3.99. The van der Waals surface area contributed by atoms with E-state index in [4.69, 9.17) is 4.99 Å². The van der Waals surface area contributed by atoms with E-state index in [1.807, 2.05) is 23.5 Å². The number of rotatable bonds is 3. The van der Waals surface area contributed by atoms with Crippen LogP contribution in [0.15, 0.2) is 14.8 Å². The zero-order chi connectivity index (χ0) is 10.9. The van der Waals surface area contributed by atoms with Crippen LogP contribution >= 0.6 is 23.5 Å². The minimum Gasteiger partial charge on any atom is -0.277 e. The van der Waals surface area contributed by atoms with Crippen molar-refractivity contribution in [3.63, 3.8) is 0 Å². The highest BCUT2D eigenvalue weighted by atomic mass is 32.2. The Balaban J connectivity index is 3.18. The highest BCUT2D eigenvalue weighted by molar-refractivity contribution is 8.06. The molecule has 0 atom stereocenters. The van der Waals surface area contributed by atoms with E-state index in [9.17, 15) is 0 Å². The van der Waals surface area contributed by atoms with E-state index in [0.29, 0.717) is 5.92 Å². The SMILES string of the molecule is CSC1=C(SC)C(C)(C)N=C1C(C)C. The van der Waals surface area contributed by atoms with E-state index in [2.05, 4.69) is 40.2 Å². The summed E-state index contributed by atoms with van der Waals surface area (Å²) in [5.41, 5.74) is 1.28. The van der Waals surface area contributed by atoms with Gasteiger partial charge >= 0.3 is 0 Å². The Morgan fingerprint density at radius 3 is 2.07 bits per heavy atom. The summed E-state index contributed by atoms with van der Waals surface area (Å²) in [5, 5.41) is 0. The maximum absolute atomic E-state index is 4.83. The maximum Gasteiger partial charge on any atom is 0.0874 e. The summed E-state index contributed by atoms with van der Waals surface area (Å²) in [6.45, 7) is 8.83. The van der Waals surface area contributed by atoms with Crippen LogP contribution < -0.4 is 0 Å². The molecule has 80 valence electrons. The number of hydrogen-bond acceptors (Lipinski definition) is 3. The number of allylic oxidation sites excluding steroid dienone is 1. The second kappa shape index (κ2) is 4.31. The lowest BCUT2D eigenvalue weighted by Gasteiger charge is -2.17. The minimum absolute atomic E-state index is 0.00262. The van der Waals surface area contributed by atoms with Crippen LogP contribution in [0.2, 0.25) is 0 Å². The molecule has 3 heteroatoms. The van der Waals surface area contributed by atoms with Gasteiger partial charge in [0.1, 0.15) is 0 Å². The Bertz CT molecular complexity index is 288. The molecular formula is C11H19NS2. The summed E-state index contributed by atoms with van der Waals surface area (Å²) in [7, 11) is 0. The molecule has 0 aromatic rings. The second-order valence-electron chi connectivity index (χ2n) is 4.28. The molecule has 1 nitrogen and oxygen atoms in total. The van der Waals surface area contributed by atoms with Crippen LogP contribution in [0.4, 0.5) is 0 Å². The Morgan fingerprint density at radius 2 is 1.71 bits per heavy atom. The average Bonchev–Trinajstić information content (AvgIpc) is 2.35. The summed E-state index contributed by atoms with van der Waals surface area (Å²) >= 11 is 3.67. The zero-order valence-electron chi connectivity index (χ0n) is 9.84. The first-order chi connectivity index (χ1) is 6.44. The van der Waals surface area contributed by atoms with Gasteiger partial charge in [-0.1, -0.05) is 13.8 Å². The summed E-state index contributed by atoms with van der Waals surface area (Å²) in [6.07, 6.45) is 4.29. The van der Waals surface area contributed by atoms with Crippen molar-refractivity contribution in [3.05, 3.63) is 9.81 Å². The highest BCUT2D eigenvalue weighted by Gasteiger charge is 2.34. The molecule has 0 saturated carbocycles. The minimum atomic E-state index is -0.00262. The van der Waals surface area contributed by atoms with Gasteiger partial charge in [-0.25, -0.2) is 0 Å². The third-order valence-corrected chi connectivity index (χ3v) is 4.41. The molecule has 14 heavy (non-hydrogen) atoms. The van der Waals surface area contributed by atoms with Crippen LogP contribution in [0.3, 0.4) is 0 Å². The highest BCUT2D eigenvalue weighted by Crippen LogP contribution is 2.43. The first-order valence-corrected chi connectivity index (χ1v) is 7.31. The lowest BCUT2D eigenvalue weighted by Crippen LogP contribution is -2.15. The van der Waals surface area contributed by atoms with Crippen molar-refractivity contribution in [2.75, 3.05) is 12.5 Å². The lowest BCUT2D eigenvalue weighted by atomic mass is 10.1. The molecule has 1 aliphatic rings. The van der Waals surface area contributed by atoms with E-state index >= 15 is 0 Å². The van der Waals surface area contributed by atoms with Gasteiger partial charge in [-0.15, -0.1) is 23.5 Å². The molecule has 0 unspecified atom stereocenters. The van der Waals surface area contributed by atoms with Crippen molar-refractivity contribution < 1.29 is 0 Å². The molecule has 0 saturated heterocycles. The van der Waals surface area contributed by atoms with Crippen molar-refractivity contribution in [2.24, 2.45) is 10.9 Å². The molecule has 1 rings (SSSR count). The summed E-state index contributed by atoms with van der Waals surface area (Å²) in [5.74, 6) is 0.529. The van der Waals surface area contributed by atoms with Gasteiger partial charge in [-0.05, 0) is 32.3 Å². The summed E-state index contributed by atoms with van der Waals surface area (Å²) in [6, 6.07) is 0. The Kier molecular flexibility index (Phi) is 3.75. The van der Waals surface area contributed by atoms with Gasteiger partial charge in [0.2, 0.25) is 0 Å². The van der Waals surface area contributed by atoms with Gasteiger partial charge < -0.3 is 0 Å². The first kappa shape index (κ1) is 12.2. The van der Waals surface area contributed by atoms with Crippen LogP contribution in [-0.2, 0) is 0 Å². The predicted molar refractivity (Wildman–Crippen MR) is 70.4 cm³/mol. The first-order valence-electron chi connectivity index (χ1n) is 4.87. The van der Waals surface area contributed by atoms with Crippen molar-refractivity contribution in [3.8, 4) is 0 Å². The molecule has 0 aromatic heterocycles. The molecular weight excluding hydrogens is 210 g/mol. The number of hydrogen-bond donors (Lipinski definition) is 0. The summed E-state index contributed by atoms with van der Waals surface area (Å²) in [4.78, 5) is 7.65. The van der Waals surface area contributed by atoms with Crippen LogP contribution in [0.1, 0.15) is 27.7 Å². The van der Waals surface area contributed by atoms with E-state index < -0.39 is 0 Å². The monoisotopic (exact) mass is 229 g/mol.